The van der Waals surface area contributed by atoms with Crippen LogP contribution in [0.25, 0.3) is 0 Å². The summed E-state index contributed by atoms with van der Waals surface area (Å²) in [4.78, 5) is 2.50. The molecule has 110 valence electrons. The van der Waals surface area contributed by atoms with Crippen molar-refractivity contribution in [2.45, 2.75) is 32.7 Å². The summed E-state index contributed by atoms with van der Waals surface area (Å²) in [6.45, 7) is 7.26. The molecule has 1 unspecified atom stereocenters. The van der Waals surface area contributed by atoms with E-state index >= 15 is 0 Å². The third-order valence-electron chi connectivity index (χ3n) is 3.99. The van der Waals surface area contributed by atoms with Crippen molar-refractivity contribution < 1.29 is 14.8 Å². The van der Waals surface area contributed by atoms with Gasteiger partial charge < -0.3 is 14.8 Å². The fourth-order valence-electron chi connectivity index (χ4n) is 2.93. The Labute approximate surface area is 121 Å². The lowest BCUT2D eigenvalue weighted by Crippen LogP contribution is -2.36. The molecule has 1 fully saturated rings. The van der Waals surface area contributed by atoms with Gasteiger partial charge in [-0.25, -0.2) is 0 Å². The predicted molar refractivity (Wildman–Crippen MR) is 81.2 cm³/mol. The molecule has 1 heterocycles. The monoisotopic (exact) mass is 277 g/mol. The van der Waals surface area contributed by atoms with E-state index in [1.807, 2.05) is 6.07 Å². The highest BCUT2D eigenvalue weighted by Gasteiger charge is 2.26. The SMILES string of the molecule is CC(C)C1CCCN1CCOc1cccc(B(O)O)c1. The lowest BCUT2D eigenvalue weighted by atomic mass is 9.80. The van der Waals surface area contributed by atoms with Gasteiger partial charge in [0.25, 0.3) is 0 Å². The standard InChI is InChI=1S/C15H24BNO3/c1-12(2)15-7-4-8-17(15)9-10-20-14-6-3-5-13(11-14)16(18)19/h3,5-6,11-12,15,18-19H,4,7-10H2,1-2H3. The van der Waals surface area contributed by atoms with E-state index in [2.05, 4.69) is 18.7 Å². The molecule has 1 aromatic carbocycles. The molecule has 1 saturated heterocycles. The first-order valence-corrected chi connectivity index (χ1v) is 7.41. The molecule has 1 aliphatic rings. The Morgan fingerprint density at radius 2 is 2.20 bits per heavy atom. The smallest absolute Gasteiger partial charge is 0.488 e. The van der Waals surface area contributed by atoms with Crippen molar-refractivity contribution in [2.75, 3.05) is 19.7 Å². The van der Waals surface area contributed by atoms with Crippen LogP contribution in [0, 0.1) is 5.92 Å². The average molecular weight is 277 g/mol. The molecule has 2 rings (SSSR count). The maximum absolute atomic E-state index is 9.13. The van der Waals surface area contributed by atoms with Crippen LogP contribution in [0.4, 0.5) is 0 Å². The second-order valence-corrected chi connectivity index (χ2v) is 5.78. The number of rotatable bonds is 6. The Hall–Kier alpha value is -1.04. The van der Waals surface area contributed by atoms with Gasteiger partial charge in [-0.3, -0.25) is 4.90 Å². The molecule has 0 saturated carbocycles. The van der Waals surface area contributed by atoms with Crippen LogP contribution in [0.5, 0.6) is 5.75 Å². The Balaban J connectivity index is 1.82. The van der Waals surface area contributed by atoms with E-state index in [4.69, 9.17) is 14.8 Å². The third-order valence-corrected chi connectivity index (χ3v) is 3.99. The molecule has 0 radical (unpaired) electrons. The van der Waals surface area contributed by atoms with E-state index in [1.54, 1.807) is 18.2 Å². The number of benzene rings is 1. The van der Waals surface area contributed by atoms with Gasteiger partial charge >= 0.3 is 7.12 Å². The minimum atomic E-state index is -1.44. The van der Waals surface area contributed by atoms with E-state index in [0.717, 1.165) is 13.1 Å². The molecular weight excluding hydrogens is 253 g/mol. The zero-order valence-corrected chi connectivity index (χ0v) is 12.3. The second kappa shape index (κ2) is 7.11. The van der Waals surface area contributed by atoms with Gasteiger partial charge in [-0.05, 0) is 42.9 Å². The molecule has 0 aromatic heterocycles. The Morgan fingerprint density at radius 1 is 1.40 bits per heavy atom. The fraction of sp³-hybridized carbons (Fsp3) is 0.600. The first-order valence-electron chi connectivity index (χ1n) is 7.41. The summed E-state index contributed by atoms with van der Waals surface area (Å²) in [5.74, 6) is 1.38. The number of hydrogen-bond donors (Lipinski definition) is 2. The fourth-order valence-corrected chi connectivity index (χ4v) is 2.93. The Morgan fingerprint density at radius 3 is 2.90 bits per heavy atom. The molecule has 0 aliphatic carbocycles. The van der Waals surface area contributed by atoms with Gasteiger partial charge in [-0.1, -0.05) is 26.0 Å². The largest absolute Gasteiger partial charge is 0.492 e. The van der Waals surface area contributed by atoms with Gasteiger partial charge in [0.2, 0.25) is 0 Å². The van der Waals surface area contributed by atoms with Gasteiger partial charge in [-0.15, -0.1) is 0 Å². The predicted octanol–water partition coefficient (Wildman–Crippen LogP) is 0.866. The molecule has 2 N–H and O–H groups in total. The molecule has 1 aliphatic heterocycles. The topological polar surface area (TPSA) is 52.9 Å². The number of ether oxygens (including phenoxy) is 1. The normalized spacial score (nSPS) is 19.6. The van der Waals surface area contributed by atoms with Crippen molar-refractivity contribution >= 4 is 12.6 Å². The van der Waals surface area contributed by atoms with E-state index in [9.17, 15) is 0 Å². The molecule has 0 spiro atoms. The van der Waals surface area contributed by atoms with Crippen molar-refractivity contribution in [3.05, 3.63) is 24.3 Å². The van der Waals surface area contributed by atoms with E-state index in [-0.39, 0.29) is 0 Å². The lowest BCUT2D eigenvalue weighted by molar-refractivity contribution is 0.168. The van der Waals surface area contributed by atoms with Gasteiger partial charge in [0.05, 0.1) is 0 Å². The first-order chi connectivity index (χ1) is 9.58. The Bertz CT molecular complexity index is 425. The van der Waals surface area contributed by atoms with Crippen molar-refractivity contribution in [1.29, 1.82) is 0 Å². The maximum atomic E-state index is 9.13. The van der Waals surface area contributed by atoms with Crippen LogP contribution in [0.15, 0.2) is 24.3 Å². The highest BCUT2D eigenvalue weighted by molar-refractivity contribution is 6.58. The van der Waals surface area contributed by atoms with Gasteiger partial charge in [0, 0.05) is 12.6 Å². The lowest BCUT2D eigenvalue weighted by Gasteiger charge is -2.27. The summed E-state index contributed by atoms with van der Waals surface area (Å²) in [5.41, 5.74) is 0.462. The molecule has 1 atom stereocenters. The van der Waals surface area contributed by atoms with Crippen LogP contribution in [-0.4, -0.2) is 47.8 Å². The third kappa shape index (κ3) is 3.98. The molecule has 1 aromatic rings. The van der Waals surface area contributed by atoms with Crippen molar-refractivity contribution in [3.8, 4) is 5.75 Å². The zero-order chi connectivity index (χ0) is 14.5. The van der Waals surface area contributed by atoms with Crippen LogP contribution in [-0.2, 0) is 0 Å². The van der Waals surface area contributed by atoms with Crippen LogP contribution < -0.4 is 10.2 Å². The number of hydrogen-bond acceptors (Lipinski definition) is 4. The van der Waals surface area contributed by atoms with Gasteiger partial charge in [0.1, 0.15) is 12.4 Å². The second-order valence-electron chi connectivity index (χ2n) is 5.78. The Kier molecular flexibility index (Phi) is 5.46. The number of nitrogens with zero attached hydrogens (tertiary/aromatic N) is 1. The van der Waals surface area contributed by atoms with E-state index in [0.29, 0.717) is 29.8 Å². The summed E-state index contributed by atoms with van der Waals surface area (Å²) in [6, 6.07) is 7.64. The summed E-state index contributed by atoms with van der Waals surface area (Å²) in [7, 11) is -1.44. The zero-order valence-electron chi connectivity index (χ0n) is 12.3. The molecule has 4 nitrogen and oxygen atoms in total. The van der Waals surface area contributed by atoms with Crippen LogP contribution in [0.2, 0.25) is 0 Å². The first kappa shape index (κ1) is 15.4. The van der Waals surface area contributed by atoms with Crippen LogP contribution >= 0.6 is 0 Å². The molecule has 5 heteroatoms. The van der Waals surface area contributed by atoms with Crippen molar-refractivity contribution in [1.82, 2.24) is 4.90 Å². The minimum Gasteiger partial charge on any atom is -0.492 e. The highest BCUT2D eigenvalue weighted by atomic mass is 16.5. The molecule has 20 heavy (non-hydrogen) atoms. The van der Waals surface area contributed by atoms with Gasteiger partial charge in [-0.2, -0.15) is 0 Å². The van der Waals surface area contributed by atoms with E-state index < -0.39 is 7.12 Å². The molecule has 0 amide bonds. The minimum absolute atomic E-state index is 0.462. The van der Waals surface area contributed by atoms with Gasteiger partial charge in [0.15, 0.2) is 0 Å². The highest BCUT2D eigenvalue weighted by Crippen LogP contribution is 2.23. The van der Waals surface area contributed by atoms with Crippen molar-refractivity contribution in [3.63, 3.8) is 0 Å². The summed E-state index contributed by atoms with van der Waals surface area (Å²) in [6.07, 6.45) is 2.55. The van der Waals surface area contributed by atoms with Crippen molar-refractivity contribution in [2.24, 2.45) is 5.92 Å². The molecular formula is C15H24BNO3. The molecule has 0 bridgehead atoms. The quantitative estimate of drug-likeness (QED) is 0.757. The van der Waals surface area contributed by atoms with Crippen LogP contribution in [0.3, 0.4) is 0 Å². The average Bonchev–Trinajstić information content (AvgIpc) is 2.87. The van der Waals surface area contributed by atoms with Crippen LogP contribution in [0.1, 0.15) is 26.7 Å². The van der Waals surface area contributed by atoms with E-state index in [1.165, 1.54) is 12.8 Å². The summed E-state index contributed by atoms with van der Waals surface area (Å²) in [5, 5.41) is 18.3. The summed E-state index contributed by atoms with van der Waals surface area (Å²) >= 11 is 0. The number of likely N-dealkylation sites (tertiary alicyclic amines) is 1. The maximum Gasteiger partial charge on any atom is 0.488 e. The summed E-state index contributed by atoms with van der Waals surface area (Å²) < 4.78 is 5.72.